The molecule has 0 aliphatic carbocycles. The first-order chi connectivity index (χ1) is 9.49. The van der Waals surface area contributed by atoms with E-state index < -0.39 is 6.10 Å². The van der Waals surface area contributed by atoms with Crippen LogP contribution in [0, 0.1) is 19.7 Å². The average Bonchev–Trinajstić information content (AvgIpc) is 2.75. The van der Waals surface area contributed by atoms with Crippen LogP contribution in [-0.2, 0) is 0 Å². The minimum absolute atomic E-state index is 0.0858. The molecule has 3 nitrogen and oxygen atoms in total. The van der Waals surface area contributed by atoms with Crippen LogP contribution in [0.3, 0.4) is 0 Å². The Labute approximate surface area is 122 Å². The summed E-state index contributed by atoms with van der Waals surface area (Å²) in [5, 5.41) is 14.3. The minimum Gasteiger partial charge on any atom is -0.387 e. The highest BCUT2D eigenvalue weighted by Gasteiger charge is 2.16. The quantitative estimate of drug-likeness (QED) is 0.889. The lowest BCUT2D eigenvalue weighted by Crippen LogP contribution is -2.25. The molecule has 2 aromatic rings. The summed E-state index contributed by atoms with van der Waals surface area (Å²) in [4.78, 5) is 5.54. The first-order valence-electron chi connectivity index (χ1n) is 6.59. The lowest BCUT2D eigenvalue weighted by Gasteiger charge is -2.17. The van der Waals surface area contributed by atoms with Gasteiger partial charge in [0, 0.05) is 23.0 Å². The second-order valence-electron chi connectivity index (χ2n) is 4.85. The number of rotatable bonds is 5. The maximum Gasteiger partial charge on any atom is 0.129 e. The number of nitrogens with zero attached hydrogens (tertiary/aromatic N) is 1. The van der Waals surface area contributed by atoms with Gasteiger partial charge in [0.1, 0.15) is 5.82 Å². The van der Waals surface area contributed by atoms with E-state index in [0.29, 0.717) is 12.1 Å². The van der Waals surface area contributed by atoms with Gasteiger partial charge in [0.2, 0.25) is 0 Å². The number of aliphatic hydroxyl groups excluding tert-OH is 1. The van der Waals surface area contributed by atoms with Crippen molar-refractivity contribution in [2.45, 2.75) is 32.9 Å². The smallest absolute Gasteiger partial charge is 0.129 e. The van der Waals surface area contributed by atoms with Gasteiger partial charge in [0.05, 0.1) is 16.8 Å². The number of halogens is 1. The molecule has 0 bridgehead atoms. The number of aliphatic hydroxyl groups is 1. The van der Waals surface area contributed by atoms with E-state index in [1.807, 2.05) is 20.8 Å². The maximum absolute atomic E-state index is 13.6. The summed E-state index contributed by atoms with van der Waals surface area (Å²) < 4.78 is 13.6. The van der Waals surface area contributed by atoms with E-state index in [0.717, 1.165) is 15.6 Å². The van der Waals surface area contributed by atoms with E-state index in [-0.39, 0.29) is 11.9 Å². The summed E-state index contributed by atoms with van der Waals surface area (Å²) in [6.45, 7) is 6.28. The van der Waals surface area contributed by atoms with Gasteiger partial charge in [-0.15, -0.1) is 11.3 Å². The summed E-state index contributed by atoms with van der Waals surface area (Å²) in [5.74, 6) is -0.376. The van der Waals surface area contributed by atoms with Gasteiger partial charge in [-0.25, -0.2) is 9.37 Å². The number of thiazole rings is 1. The van der Waals surface area contributed by atoms with Crippen LogP contribution < -0.4 is 5.32 Å². The Hall–Kier alpha value is -1.30. The second kappa shape index (κ2) is 6.43. The molecule has 2 atom stereocenters. The number of hydrogen-bond donors (Lipinski definition) is 2. The van der Waals surface area contributed by atoms with Crippen molar-refractivity contribution in [2.75, 3.05) is 6.54 Å². The Balaban J connectivity index is 1.98. The highest BCUT2D eigenvalue weighted by Crippen LogP contribution is 2.25. The largest absolute Gasteiger partial charge is 0.387 e. The Kier molecular flexibility index (Phi) is 4.86. The van der Waals surface area contributed by atoms with E-state index in [4.69, 9.17) is 0 Å². The second-order valence-corrected chi connectivity index (χ2v) is 6.08. The van der Waals surface area contributed by atoms with Gasteiger partial charge in [-0.1, -0.05) is 18.2 Å². The molecular formula is C15H19FN2OS. The molecule has 2 rings (SSSR count). The van der Waals surface area contributed by atoms with E-state index in [9.17, 15) is 9.50 Å². The average molecular weight is 294 g/mol. The van der Waals surface area contributed by atoms with Crippen molar-refractivity contribution < 1.29 is 9.50 Å². The van der Waals surface area contributed by atoms with Crippen molar-refractivity contribution >= 4 is 11.3 Å². The Morgan fingerprint density at radius 3 is 2.65 bits per heavy atom. The van der Waals surface area contributed by atoms with E-state index >= 15 is 0 Å². The van der Waals surface area contributed by atoms with Crippen LogP contribution in [0.5, 0.6) is 0 Å². The van der Waals surface area contributed by atoms with E-state index in [1.165, 1.54) is 6.07 Å². The molecule has 0 aliphatic heterocycles. The van der Waals surface area contributed by atoms with Crippen LogP contribution in [0.4, 0.5) is 4.39 Å². The highest BCUT2D eigenvalue weighted by atomic mass is 32.1. The molecule has 0 radical (unpaired) electrons. The molecule has 2 unspecified atom stereocenters. The standard InChI is InChI=1S/C15H19FN2OS/c1-9(15-10(2)18-11(3)20-15)17-8-14(19)12-6-4-5-7-13(12)16/h4-7,9,14,17,19H,8H2,1-3H3. The number of hydrogen-bond acceptors (Lipinski definition) is 4. The summed E-state index contributed by atoms with van der Waals surface area (Å²) in [6, 6.07) is 6.39. The van der Waals surface area contributed by atoms with Crippen molar-refractivity contribution in [2.24, 2.45) is 0 Å². The fraction of sp³-hybridized carbons (Fsp3) is 0.400. The Morgan fingerprint density at radius 1 is 1.35 bits per heavy atom. The fourth-order valence-corrected chi connectivity index (χ4v) is 3.14. The Morgan fingerprint density at radius 2 is 2.05 bits per heavy atom. The molecule has 1 aromatic carbocycles. The molecule has 0 aliphatic rings. The predicted octanol–water partition coefficient (Wildman–Crippen LogP) is 3.28. The van der Waals surface area contributed by atoms with E-state index in [2.05, 4.69) is 10.3 Å². The monoisotopic (exact) mass is 294 g/mol. The molecule has 0 fully saturated rings. The topological polar surface area (TPSA) is 45.2 Å². The molecule has 0 spiro atoms. The van der Waals surface area contributed by atoms with Gasteiger partial charge in [-0.05, 0) is 26.8 Å². The third-order valence-corrected chi connectivity index (χ3v) is 4.47. The fourth-order valence-electron chi connectivity index (χ4n) is 2.19. The third kappa shape index (κ3) is 3.42. The van der Waals surface area contributed by atoms with Gasteiger partial charge in [0.15, 0.2) is 0 Å². The minimum atomic E-state index is -0.854. The number of nitrogens with one attached hydrogen (secondary N) is 1. The highest BCUT2D eigenvalue weighted by molar-refractivity contribution is 7.11. The Bertz CT molecular complexity index is 585. The van der Waals surface area contributed by atoms with Crippen LogP contribution in [0.1, 0.15) is 40.2 Å². The van der Waals surface area contributed by atoms with Crippen LogP contribution in [-0.4, -0.2) is 16.6 Å². The summed E-state index contributed by atoms with van der Waals surface area (Å²) in [7, 11) is 0. The molecular weight excluding hydrogens is 275 g/mol. The van der Waals surface area contributed by atoms with Crippen LogP contribution >= 0.6 is 11.3 Å². The molecule has 1 heterocycles. The maximum atomic E-state index is 13.6. The van der Waals surface area contributed by atoms with Crippen molar-refractivity contribution in [1.82, 2.24) is 10.3 Å². The van der Waals surface area contributed by atoms with Gasteiger partial charge in [0.25, 0.3) is 0 Å². The zero-order valence-electron chi connectivity index (χ0n) is 11.9. The molecule has 0 amide bonds. The van der Waals surface area contributed by atoms with Crippen LogP contribution in [0.2, 0.25) is 0 Å². The first kappa shape index (κ1) is 15.1. The van der Waals surface area contributed by atoms with Gasteiger partial charge < -0.3 is 10.4 Å². The number of benzene rings is 1. The predicted molar refractivity (Wildman–Crippen MR) is 79.4 cm³/mol. The molecule has 5 heteroatoms. The van der Waals surface area contributed by atoms with Crippen LogP contribution in [0.15, 0.2) is 24.3 Å². The van der Waals surface area contributed by atoms with Crippen molar-refractivity contribution in [3.8, 4) is 0 Å². The molecule has 0 saturated heterocycles. The third-order valence-electron chi connectivity index (χ3n) is 3.21. The van der Waals surface area contributed by atoms with Gasteiger partial charge >= 0.3 is 0 Å². The lowest BCUT2D eigenvalue weighted by molar-refractivity contribution is 0.166. The molecule has 0 saturated carbocycles. The lowest BCUT2D eigenvalue weighted by atomic mass is 10.1. The normalized spacial score (nSPS) is 14.2. The molecule has 1 aromatic heterocycles. The summed E-state index contributed by atoms with van der Waals surface area (Å²) in [6.07, 6.45) is -0.854. The molecule has 20 heavy (non-hydrogen) atoms. The van der Waals surface area contributed by atoms with E-state index in [1.54, 1.807) is 29.5 Å². The van der Waals surface area contributed by atoms with Crippen molar-refractivity contribution in [3.05, 3.63) is 51.2 Å². The summed E-state index contributed by atoms with van der Waals surface area (Å²) >= 11 is 1.64. The SMILES string of the molecule is Cc1nc(C)c(C(C)NCC(O)c2ccccc2F)s1. The number of aryl methyl sites for hydroxylation is 2. The molecule has 108 valence electrons. The van der Waals surface area contributed by atoms with Crippen molar-refractivity contribution in [1.29, 1.82) is 0 Å². The first-order valence-corrected chi connectivity index (χ1v) is 7.40. The van der Waals surface area contributed by atoms with Gasteiger partial charge in [-0.2, -0.15) is 0 Å². The zero-order chi connectivity index (χ0) is 14.7. The number of aromatic nitrogens is 1. The zero-order valence-corrected chi connectivity index (χ0v) is 12.7. The van der Waals surface area contributed by atoms with Crippen molar-refractivity contribution in [3.63, 3.8) is 0 Å². The van der Waals surface area contributed by atoms with Gasteiger partial charge in [-0.3, -0.25) is 0 Å². The summed E-state index contributed by atoms with van der Waals surface area (Å²) in [5.41, 5.74) is 1.33. The van der Waals surface area contributed by atoms with Crippen LogP contribution in [0.25, 0.3) is 0 Å². The molecule has 2 N–H and O–H groups in total.